The van der Waals surface area contributed by atoms with Crippen LogP contribution in [-0.4, -0.2) is 0 Å². The molecule has 27 heavy (non-hydrogen) atoms. The molecule has 5 heteroatoms. The molecule has 0 fully saturated rings. The fourth-order valence-electron chi connectivity index (χ4n) is 2.81. The highest BCUT2D eigenvalue weighted by molar-refractivity contribution is 6.33. The highest BCUT2D eigenvalue weighted by Crippen LogP contribution is 2.35. The second kappa shape index (κ2) is 7.47. The minimum atomic E-state index is -0.235. The first-order valence-electron chi connectivity index (χ1n) is 8.31. The first-order chi connectivity index (χ1) is 13.1. The summed E-state index contributed by atoms with van der Waals surface area (Å²) >= 11 is 12.3. The third-order valence-electron chi connectivity index (χ3n) is 4.17. The van der Waals surface area contributed by atoms with E-state index in [0.29, 0.717) is 32.3 Å². The van der Waals surface area contributed by atoms with E-state index in [-0.39, 0.29) is 17.8 Å². The van der Waals surface area contributed by atoms with E-state index in [0.717, 1.165) is 5.56 Å². The van der Waals surface area contributed by atoms with Gasteiger partial charge in [0.2, 0.25) is 11.2 Å². The standard InChI is InChI=1S/C22H14Cl2O3/c23-15-11-9-14(10-12-15)13-26-22-20(25)17-6-2-4-8-19(17)27-21(22)16-5-1-3-7-18(16)24/h1-12H,13H2. The van der Waals surface area contributed by atoms with Crippen molar-refractivity contribution in [1.29, 1.82) is 0 Å². The van der Waals surface area contributed by atoms with Crippen LogP contribution in [0.1, 0.15) is 5.56 Å². The normalized spacial score (nSPS) is 10.9. The van der Waals surface area contributed by atoms with Crippen LogP contribution in [0, 0.1) is 0 Å². The van der Waals surface area contributed by atoms with Gasteiger partial charge in [-0.25, -0.2) is 0 Å². The highest BCUT2D eigenvalue weighted by atomic mass is 35.5. The molecule has 0 atom stereocenters. The van der Waals surface area contributed by atoms with Gasteiger partial charge in [0.15, 0.2) is 5.76 Å². The van der Waals surface area contributed by atoms with Crippen LogP contribution >= 0.6 is 23.2 Å². The number of halogens is 2. The quantitative estimate of drug-likeness (QED) is 0.403. The van der Waals surface area contributed by atoms with Crippen molar-refractivity contribution in [2.75, 3.05) is 0 Å². The molecule has 0 unspecified atom stereocenters. The molecule has 1 aromatic heterocycles. The van der Waals surface area contributed by atoms with Crippen molar-refractivity contribution in [3.8, 4) is 17.1 Å². The summed E-state index contributed by atoms with van der Waals surface area (Å²) in [6.07, 6.45) is 0. The number of para-hydroxylation sites is 1. The van der Waals surface area contributed by atoms with Crippen LogP contribution in [0.15, 0.2) is 82.0 Å². The summed E-state index contributed by atoms with van der Waals surface area (Å²) in [5.41, 5.74) is 1.74. The minimum absolute atomic E-state index is 0.136. The average molecular weight is 397 g/mol. The third-order valence-corrected chi connectivity index (χ3v) is 4.75. The van der Waals surface area contributed by atoms with Gasteiger partial charge in [-0.15, -0.1) is 0 Å². The minimum Gasteiger partial charge on any atom is -0.481 e. The average Bonchev–Trinajstić information content (AvgIpc) is 2.69. The third kappa shape index (κ3) is 3.57. The van der Waals surface area contributed by atoms with Gasteiger partial charge in [0.1, 0.15) is 12.2 Å². The van der Waals surface area contributed by atoms with Crippen molar-refractivity contribution in [3.63, 3.8) is 0 Å². The Bertz CT molecular complexity index is 1160. The highest BCUT2D eigenvalue weighted by Gasteiger charge is 2.19. The van der Waals surface area contributed by atoms with E-state index in [9.17, 15) is 4.79 Å². The fraction of sp³-hybridized carbons (Fsp3) is 0.0455. The van der Waals surface area contributed by atoms with Crippen LogP contribution in [0.3, 0.4) is 0 Å². The van der Waals surface area contributed by atoms with Crippen LogP contribution in [0.25, 0.3) is 22.3 Å². The van der Waals surface area contributed by atoms with Crippen LogP contribution in [0.4, 0.5) is 0 Å². The van der Waals surface area contributed by atoms with Crippen LogP contribution in [-0.2, 0) is 6.61 Å². The Morgan fingerprint density at radius 1 is 0.852 bits per heavy atom. The Balaban J connectivity index is 1.85. The molecule has 0 aliphatic heterocycles. The zero-order chi connectivity index (χ0) is 18.8. The topological polar surface area (TPSA) is 39.4 Å². The predicted molar refractivity (Wildman–Crippen MR) is 109 cm³/mol. The summed E-state index contributed by atoms with van der Waals surface area (Å²) < 4.78 is 11.9. The summed E-state index contributed by atoms with van der Waals surface area (Å²) in [7, 11) is 0. The Morgan fingerprint density at radius 2 is 1.56 bits per heavy atom. The van der Waals surface area contributed by atoms with E-state index in [4.69, 9.17) is 32.4 Å². The van der Waals surface area contributed by atoms with Crippen LogP contribution in [0.5, 0.6) is 5.75 Å². The van der Waals surface area contributed by atoms with Gasteiger partial charge in [0.25, 0.3) is 0 Å². The Morgan fingerprint density at radius 3 is 2.33 bits per heavy atom. The number of fused-ring (bicyclic) bond motifs is 1. The van der Waals surface area contributed by atoms with Crippen molar-refractivity contribution in [2.24, 2.45) is 0 Å². The second-order valence-electron chi connectivity index (χ2n) is 5.98. The first-order valence-corrected chi connectivity index (χ1v) is 9.07. The molecule has 4 rings (SSSR count). The number of rotatable bonds is 4. The van der Waals surface area contributed by atoms with Gasteiger partial charge in [-0.3, -0.25) is 4.79 Å². The summed E-state index contributed by atoms with van der Waals surface area (Å²) in [4.78, 5) is 13.1. The number of benzene rings is 3. The van der Waals surface area contributed by atoms with Gasteiger partial charge in [-0.05, 0) is 42.0 Å². The maximum Gasteiger partial charge on any atom is 0.235 e. The van der Waals surface area contributed by atoms with E-state index >= 15 is 0 Å². The molecule has 0 aliphatic carbocycles. The maximum atomic E-state index is 13.1. The summed E-state index contributed by atoms with van der Waals surface area (Å²) in [5, 5.41) is 1.58. The molecule has 0 spiro atoms. The first kappa shape index (κ1) is 17.7. The molecule has 3 nitrogen and oxygen atoms in total. The SMILES string of the molecule is O=c1c(OCc2ccc(Cl)cc2)c(-c2ccccc2Cl)oc2ccccc12. The summed E-state index contributed by atoms with van der Waals surface area (Å²) in [6.45, 7) is 0.206. The van der Waals surface area contributed by atoms with Gasteiger partial charge in [-0.2, -0.15) is 0 Å². The largest absolute Gasteiger partial charge is 0.481 e. The van der Waals surface area contributed by atoms with Crippen molar-refractivity contribution >= 4 is 34.2 Å². The lowest BCUT2D eigenvalue weighted by molar-refractivity contribution is 0.298. The summed E-state index contributed by atoms with van der Waals surface area (Å²) in [5.74, 6) is 0.454. The molecule has 0 N–H and O–H groups in total. The predicted octanol–water partition coefficient (Wildman–Crippen LogP) is 6.35. The lowest BCUT2D eigenvalue weighted by Gasteiger charge is -2.12. The van der Waals surface area contributed by atoms with Crippen molar-refractivity contribution in [2.45, 2.75) is 6.61 Å². The molecule has 0 radical (unpaired) electrons. The van der Waals surface area contributed by atoms with Gasteiger partial charge in [0.05, 0.1) is 10.4 Å². The Hall–Kier alpha value is -2.75. The lowest BCUT2D eigenvalue weighted by Crippen LogP contribution is -2.10. The number of hydrogen-bond acceptors (Lipinski definition) is 3. The van der Waals surface area contributed by atoms with Gasteiger partial charge in [-0.1, -0.05) is 59.6 Å². The molecule has 0 amide bonds. The molecule has 4 aromatic rings. The van der Waals surface area contributed by atoms with E-state index in [1.165, 1.54) is 0 Å². The molecule has 134 valence electrons. The van der Waals surface area contributed by atoms with Gasteiger partial charge < -0.3 is 9.15 Å². The van der Waals surface area contributed by atoms with Crippen molar-refractivity contribution < 1.29 is 9.15 Å². The van der Waals surface area contributed by atoms with Crippen LogP contribution < -0.4 is 10.2 Å². The maximum absolute atomic E-state index is 13.1. The van der Waals surface area contributed by atoms with Crippen molar-refractivity contribution in [3.05, 3.63) is 98.6 Å². The van der Waals surface area contributed by atoms with Gasteiger partial charge >= 0.3 is 0 Å². The molecule has 3 aromatic carbocycles. The molecular formula is C22H14Cl2O3. The van der Waals surface area contributed by atoms with Crippen molar-refractivity contribution in [1.82, 2.24) is 0 Å². The smallest absolute Gasteiger partial charge is 0.235 e. The Labute approximate surface area is 165 Å². The van der Waals surface area contributed by atoms with Crippen LogP contribution in [0.2, 0.25) is 10.0 Å². The fourth-order valence-corrected chi connectivity index (χ4v) is 3.16. The molecular weight excluding hydrogens is 383 g/mol. The van der Waals surface area contributed by atoms with E-state index in [1.54, 1.807) is 42.5 Å². The molecule has 0 aliphatic rings. The number of ether oxygens (including phenoxy) is 1. The number of hydrogen-bond donors (Lipinski definition) is 0. The molecule has 0 saturated heterocycles. The Kier molecular flexibility index (Phi) is 4.88. The van der Waals surface area contributed by atoms with E-state index in [1.807, 2.05) is 30.3 Å². The molecule has 0 bridgehead atoms. The monoisotopic (exact) mass is 396 g/mol. The zero-order valence-corrected chi connectivity index (χ0v) is 15.6. The molecule has 1 heterocycles. The second-order valence-corrected chi connectivity index (χ2v) is 6.82. The summed E-state index contributed by atoms with van der Waals surface area (Å²) in [6, 6.07) is 21.5. The lowest BCUT2D eigenvalue weighted by atomic mass is 10.1. The zero-order valence-electron chi connectivity index (χ0n) is 14.1. The van der Waals surface area contributed by atoms with Gasteiger partial charge in [0, 0.05) is 10.6 Å². The molecule has 0 saturated carbocycles. The van der Waals surface area contributed by atoms with E-state index < -0.39 is 0 Å². The van der Waals surface area contributed by atoms with E-state index in [2.05, 4.69) is 0 Å².